The fourth-order valence-corrected chi connectivity index (χ4v) is 2.28. The van der Waals surface area contributed by atoms with Gasteiger partial charge in [0.2, 0.25) is 0 Å². The maximum atomic E-state index is 11.2. The van der Waals surface area contributed by atoms with E-state index in [0.29, 0.717) is 23.9 Å². The summed E-state index contributed by atoms with van der Waals surface area (Å²) in [4.78, 5) is 15.4. The second-order valence-electron chi connectivity index (χ2n) is 3.96. The van der Waals surface area contributed by atoms with Crippen LogP contribution in [0.2, 0.25) is 0 Å². The second-order valence-corrected chi connectivity index (χ2v) is 4.82. The normalized spacial score (nSPS) is 10.3. The number of hydrogen-bond donors (Lipinski definition) is 2. The van der Waals surface area contributed by atoms with E-state index in [1.807, 2.05) is 29.7 Å². The minimum atomic E-state index is -0.394. The fraction of sp³-hybridized carbons (Fsp3) is 0.231. The van der Waals surface area contributed by atoms with Crippen molar-refractivity contribution in [1.82, 2.24) is 10.4 Å². The van der Waals surface area contributed by atoms with E-state index in [1.54, 1.807) is 12.5 Å². The molecule has 0 saturated heterocycles. The highest BCUT2D eigenvalue weighted by atomic mass is 32.1. The molecule has 0 fully saturated rings. The van der Waals surface area contributed by atoms with Crippen LogP contribution in [-0.4, -0.2) is 18.0 Å². The van der Waals surface area contributed by atoms with Crippen LogP contribution in [0.3, 0.4) is 0 Å². The summed E-state index contributed by atoms with van der Waals surface area (Å²) in [6.07, 6.45) is 0. The molecule has 2 rings (SSSR count). The Morgan fingerprint density at radius 3 is 3.05 bits per heavy atom. The van der Waals surface area contributed by atoms with Crippen molar-refractivity contribution in [3.8, 4) is 5.75 Å². The SMILES string of the molecule is COc1cccc(COCc2csc(C(=O)NN)n2)c1. The fourth-order valence-electron chi connectivity index (χ4n) is 1.57. The number of nitrogen functional groups attached to an aromatic ring is 1. The van der Waals surface area contributed by atoms with Gasteiger partial charge in [0.1, 0.15) is 5.75 Å². The molecule has 1 aromatic carbocycles. The molecule has 0 saturated carbocycles. The van der Waals surface area contributed by atoms with Gasteiger partial charge >= 0.3 is 0 Å². The number of ether oxygens (including phenoxy) is 2. The van der Waals surface area contributed by atoms with Gasteiger partial charge in [-0.3, -0.25) is 10.2 Å². The Hall–Kier alpha value is -1.96. The molecule has 1 amide bonds. The van der Waals surface area contributed by atoms with Crippen molar-refractivity contribution in [3.63, 3.8) is 0 Å². The van der Waals surface area contributed by atoms with Gasteiger partial charge in [0, 0.05) is 5.38 Å². The van der Waals surface area contributed by atoms with E-state index in [9.17, 15) is 4.79 Å². The molecule has 1 aromatic heterocycles. The second kappa shape index (κ2) is 6.99. The quantitative estimate of drug-likeness (QED) is 0.478. The van der Waals surface area contributed by atoms with E-state index in [0.717, 1.165) is 11.3 Å². The van der Waals surface area contributed by atoms with Gasteiger partial charge in [0.05, 0.1) is 26.0 Å². The Bertz CT molecular complexity index is 586. The van der Waals surface area contributed by atoms with Crippen LogP contribution in [0.5, 0.6) is 5.75 Å². The highest BCUT2D eigenvalue weighted by molar-refractivity contribution is 7.11. The lowest BCUT2D eigenvalue weighted by molar-refractivity contribution is 0.0948. The largest absolute Gasteiger partial charge is 0.497 e. The van der Waals surface area contributed by atoms with Gasteiger partial charge in [-0.2, -0.15) is 0 Å². The minimum absolute atomic E-state index is 0.326. The molecule has 0 unspecified atom stereocenters. The molecule has 3 N–H and O–H groups in total. The van der Waals surface area contributed by atoms with Crippen LogP contribution in [-0.2, 0) is 18.0 Å². The molecule has 0 aliphatic heterocycles. The van der Waals surface area contributed by atoms with Gasteiger partial charge in [-0.1, -0.05) is 12.1 Å². The Balaban J connectivity index is 1.86. The Kier molecular flexibility index (Phi) is 5.05. The molecule has 0 aliphatic carbocycles. The molecule has 20 heavy (non-hydrogen) atoms. The third-order valence-corrected chi connectivity index (χ3v) is 3.42. The molecular weight excluding hydrogens is 278 g/mol. The van der Waals surface area contributed by atoms with Crippen molar-refractivity contribution in [3.05, 3.63) is 45.9 Å². The zero-order chi connectivity index (χ0) is 14.4. The summed E-state index contributed by atoms with van der Waals surface area (Å²) in [6.45, 7) is 0.790. The Morgan fingerprint density at radius 2 is 2.30 bits per heavy atom. The first-order valence-corrected chi connectivity index (χ1v) is 6.77. The van der Waals surface area contributed by atoms with Gasteiger partial charge in [-0.05, 0) is 17.7 Å². The summed E-state index contributed by atoms with van der Waals surface area (Å²) in [7, 11) is 1.62. The molecule has 7 heteroatoms. The molecule has 0 aliphatic rings. The summed E-state index contributed by atoms with van der Waals surface area (Å²) in [6, 6.07) is 7.65. The van der Waals surface area contributed by atoms with Gasteiger partial charge in [0.15, 0.2) is 5.01 Å². The number of nitrogens with two attached hydrogens (primary N) is 1. The molecule has 106 valence electrons. The topological polar surface area (TPSA) is 86.5 Å². The summed E-state index contributed by atoms with van der Waals surface area (Å²) in [5.41, 5.74) is 3.76. The molecule has 0 spiro atoms. The Labute approximate surface area is 120 Å². The first kappa shape index (κ1) is 14.4. The summed E-state index contributed by atoms with van der Waals surface area (Å²) < 4.78 is 10.7. The average Bonchev–Trinajstić information content (AvgIpc) is 2.95. The van der Waals surface area contributed by atoms with Gasteiger partial charge < -0.3 is 9.47 Å². The number of hydrogen-bond acceptors (Lipinski definition) is 6. The number of nitrogens with one attached hydrogen (secondary N) is 1. The van der Waals surface area contributed by atoms with Crippen molar-refractivity contribution < 1.29 is 14.3 Å². The van der Waals surface area contributed by atoms with Gasteiger partial charge in [-0.25, -0.2) is 10.8 Å². The lowest BCUT2D eigenvalue weighted by Gasteiger charge is -2.05. The lowest BCUT2D eigenvalue weighted by Crippen LogP contribution is -2.29. The van der Waals surface area contributed by atoms with Crippen LogP contribution < -0.4 is 16.0 Å². The smallest absolute Gasteiger partial charge is 0.294 e. The number of hydrazine groups is 1. The molecular formula is C13H15N3O3S. The number of amides is 1. The number of carbonyl (C=O) groups excluding carboxylic acids is 1. The van der Waals surface area contributed by atoms with E-state index in [-0.39, 0.29) is 0 Å². The zero-order valence-electron chi connectivity index (χ0n) is 11.0. The number of methoxy groups -OCH3 is 1. The first-order chi connectivity index (χ1) is 9.72. The van der Waals surface area contributed by atoms with E-state index in [2.05, 4.69) is 4.98 Å². The van der Waals surface area contributed by atoms with E-state index >= 15 is 0 Å². The molecule has 2 aromatic rings. The van der Waals surface area contributed by atoms with E-state index in [4.69, 9.17) is 15.3 Å². The van der Waals surface area contributed by atoms with Crippen molar-refractivity contribution in [2.45, 2.75) is 13.2 Å². The third kappa shape index (κ3) is 3.77. The van der Waals surface area contributed by atoms with E-state index < -0.39 is 5.91 Å². The minimum Gasteiger partial charge on any atom is -0.497 e. The predicted molar refractivity (Wildman–Crippen MR) is 75.3 cm³/mol. The number of nitrogens with zero attached hydrogens (tertiary/aromatic N) is 1. The number of aromatic nitrogens is 1. The highest BCUT2D eigenvalue weighted by Gasteiger charge is 2.09. The van der Waals surface area contributed by atoms with Crippen LogP contribution in [0.15, 0.2) is 29.6 Å². The van der Waals surface area contributed by atoms with Crippen LogP contribution in [0.1, 0.15) is 21.1 Å². The molecule has 0 bridgehead atoms. The molecule has 6 nitrogen and oxygen atoms in total. The zero-order valence-corrected chi connectivity index (χ0v) is 11.8. The van der Waals surface area contributed by atoms with Crippen LogP contribution in [0, 0.1) is 0 Å². The standard InChI is InChI=1S/C13H15N3O3S/c1-18-11-4-2-3-9(5-11)6-19-7-10-8-20-13(15-10)12(17)16-14/h2-5,8H,6-7,14H2,1H3,(H,16,17). The third-order valence-electron chi connectivity index (χ3n) is 2.53. The summed E-state index contributed by atoms with van der Waals surface area (Å²) in [5.74, 6) is 5.44. The lowest BCUT2D eigenvalue weighted by atomic mass is 10.2. The van der Waals surface area contributed by atoms with Gasteiger partial charge in [-0.15, -0.1) is 11.3 Å². The maximum Gasteiger partial charge on any atom is 0.294 e. The summed E-state index contributed by atoms with van der Waals surface area (Å²) >= 11 is 1.23. The molecule has 1 heterocycles. The average molecular weight is 293 g/mol. The number of carbonyl (C=O) groups is 1. The molecule has 0 atom stereocenters. The Morgan fingerprint density at radius 1 is 1.45 bits per heavy atom. The first-order valence-electron chi connectivity index (χ1n) is 5.89. The van der Waals surface area contributed by atoms with Crippen molar-refractivity contribution in [2.75, 3.05) is 7.11 Å². The van der Waals surface area contributed by atoms with Crippen LogP contribution >= 0.6 is 11.3 Å². The number of thiazole rings is 1. The van der Waals surface area contributed by atoms with Crippen LogP contribution in [0.4, 0.5) is 0 Å². The summed E-state index contributed by atoms with van der Waals surface area (Å²) in [5, 5.41) is 2.10. The number of rotatable bonds is 6. The highest BCUT2D eigenvalue weighted by Crippen LogP contribution is 2.15. The van der Waals surface area contributed by atoms with Crippen molar-refractivity contribution in [2.24, 2.45) is 5.84 Å². The maximum absolute atomic E-state index is 11.2. The van der Waals surface area contributed by atoms with Crippen LogP contribution in [0.25, 0.3) is 0 Å². The number of benzene rings is 1. The van der Waals surface area contributed by atoms with E-state index in [1.165, 1.54) is 11.3 Å². The van der Waals surface area contributed by atoms with Crippen molar-refractivity contribution >= 4 is 17.2 Å². The van der Waals surface area contributed by atoms with Crippen molar-refractivity contribution in [1.29, 1.82) is 0 Å². The predicted octanol–water partition coefficient (Wildman–Crippen LogP) is 1.47. The molecule has 0 radical (unpaired) electrons. The van der Waals surface area contributed by atoms with Gasteiger partial charge in [0.25, 0.3) is 5.91 Å². The monoisotopic (exact) mass is 293 g/mol.